The van der Waals surface area contributed by atoms with Gasteiger partial charge >= 0.3 is 6.09 Å². The summed E-state index contributed by atoms with van der Waals surface area (Å²) in [6, 6.07) is 15.3. The predicted molar refractivity (Wildman–Crippen MR) is 124 cm³/mol. The highest BCUT2D eigenvalue weighted by atomic mass is 32.2. The normalized spacial score (nSPS) is 11.4. The van der Waals surface area contributed by atoms with Crippen molar-refractivity contribution in [3.63, 3.8) is 0 Å². The molecule has 0 bridgehead atoms. The topological polar surface area (TPSA) is 69.6 Å². The largest absolute Gasteiger partial charge is 0.494 e. The summed E-state index contributed by atoms with van der Waals surface area (Å²) in [6.45, 7) is 8.47. The van der Waals surface area contributed by atoms with Gasteiger partial charge in [0.15, 0.2) is 0 Å². The summed E-state index contributed by atoms with van der Waals surface area (Å²) in [6.07, 6.45) is 1.30. The number of rotatable bonds is 7. The van der Waals surface area contributed by atoms with Gasteiger partial charge in [0.2, 0.25) is 5.91 Å². The van der Waals surface area contributed by atoms with Crippen molar-refractivity contribution in [1.29, 1.82) is 0 Å². The highest BCUT2D eigenvalue weighted by molar-refractivity contribution is 8.00. The molecule has 0 aliphatic carbocycles. The first-order chi connectivity index (χ1) is 14.8. The van der Waals surface area contributed by atoms with Gasteiger partial charge in [-0.1, -0.05) is 30.3 Å². The fourth-order valence-electron chi connectivity index (χ4n) is 3.03. The summed E-state index contributed by atoms with van der Waals surface area (Å²) in [5, 5.41) is 3.85. The van der Waals surface area contributed by atoms with E-state index >= 15 is 0 Å². The molecule has 1 N–H and O–H groups in total. The minimum Gasteiger partial charge on any atom is -0.494 e. The van der Waals surface area contributed by atoms with Crippen LogP contribution >= 0.6 is 11.8 Å². The Kier molecular flexibility index (Phi) is 7.28. The van der Waals surface area contributed by atoms with Crippen molar-refractivity contribution < 1.29 is 19.1 Å². The first kappa shape index (κ1) is 22.7. The summed E-state index contributed by atoms with van der Waals surface area (Å²) < 4.78 is 12.5. The van der Waals surface area contributed by atoms with Gasteiger partial charge in [0, 0.05) is 23.0 Å². The van der Waals surface area contributed by atoms with E-state index in [2.05, 4.69) is 5.32 Å². The van der Waals surface area contributed by atoms with Crippen LogP contribution in [0.4, 0.5) is 4.79 Å². The van der Waals surface area contributed by atoms with Gasteiger partial charge in [0.25, 0.3) is 0 Å². The van der Waals surface area contributed by atoms with Gasteiger partial charge in [0.05, 0.1) is 17.9 Å². The Morgan fingerprint density at radius 3 is 2.61 bits per heavy atom. The first-order valence-corrected chi connectivity index (χ1v) is 11.2. The van der Waals surface area contributed by atoms with Gasteiger partial charge in [0.1, 0.15) is 11.4 Å². The molecule has 0 unspecified atom stereocenters. The second-order valence-electron chi connectivity index (χ2n) is 8.01. The number of hydrogen-bond acceptors (Lipinski definition) is 5. The molecule has 0 aliphatic rings. The Morgan fingerprint density at radius 2 is 1.87 bits per heavy atom. The number of benzene rings is 2. The molecule has 1 aromatic heterocycles. The molecule has 1 amide bonds. The fourth-order valence-corrected chi connectivity index (χ4v) is 3.93. The molecule has 0 saturated carbocycles. The van der Waals surface area contributed by atoms with Gasteiger partial charge in [-0.15, -0.1) is 11.8 Å². The fraction of sp³-hybridized carbons (Fsp3) is 0.333. The lowest BCUT2D eigenvalue weighted by Crippen LogP contribution is -2.26. The maximum absolute atomic E-state index is 12.6. The molecule has 164 valence electrons. The number of para-hydroxylation sites is 1. The van der Waals surface area contributed by atoms with E-state index < -0.39 is 11.7 Å². The highest BCUT2D eigenvalue weighted by Crippen LogP contribution is 2.30. The summed E-state index contributed by atoms with van der Waals surface area (Å²) in [7, 11) is 0. The lowest BCUT2D eigenvalue weighted by atomic mass is 10.2. The van der Waals surface area contributed by atoms with E-state index in [1.807, 2.05) is 76.2 Å². The minimum atomic E-state index is -0.588. The van der Waals surface area contributed by atoms with Crippen LogP contribution < -0.4 is 10.1 Å². The summed E-state index contributed by atoms with van der Waals surface area (Å²) in [4.78, 5) is 25.9. The molecule has 3 aromatic rings. The van der Waals surface area contributed by atoms with Crippen LogP contribution in [0.1, 0.15) is 33.3 Å². The Morgan fingerprint density at radius 1 is 1.10 bits per heavy atom. The third kappa shape index (κ3) is 6.28. The second-order valence-corrected chi connectivity index (χ2v) is 9.02. The van der Waals surface area contributed by atoms with Crippen LogP contribution in [0.15, 0.2) is 59.6 Å². The van der Waals surface area contributed by atoms with Crippen LogP contribution in [0.2, 0.25) is 0 Å². The van der Waals surface area contributed by atoms with Gasteiger partial charge in [-0.25, -0.2) is 4.79 Å². The molecule has 31 heavy (non-hydrogen) atoms. The van der Waals surface area contributed by atoms with E-state index in [0.717, 1.165) is 27.1 Å². The van der Waals surface area contributed by atoms with Crippen LogP contribution in [0, 0.1) is 0 Å². The van der Waals surface area contributed by atoms with Gasteiger partial charge in [-0.05, 0) is 51.5 Å². The molecule has 6 nitrogen and oxygen atoms in total. The average molecular weight is 441 g/mol. The molecule has 2 aromatic carbocycles. The number of amides is 1. The molecular weight excluding hydrogens is 412 g/mol. The molecular formula is C24H28N2O4S. The first-order valence-electron chi connectivity index (χ1n) is 10.2. The number of fused-ring (bicyclic) bond motifs is 1. The van der Waals surface area contributed by atoms with Crippen LogP contribution in [0.25, 0.3) is 10.9 Å². The quantitative estimate of drug-likeness (QED) is 0.509. The Bertz CT molecular complexity index is 1070. The number of aromatic nitrogens is 1. The van der Waals surface area contributed by atoms with E-state index in [1.165, 1.54) is 16.3 Å². The molecule has 7 heteroatoms. The molecule has 0 fully saturated rings. The van der Waals surface area contributed by atoms with E-state index in [9.17, 15) is 9.59 Å². The van der Waals surface area contributed by atoms with E-state index in [1.54, 1.807) is 6.20 Å². The van der Waals surface area contributed by atoms with Gasteiger partial charge < -0.3 is 14.8 Å². The molecule has 0 spiro atoms. The predicted octanol–water partition coefficient (Wildman–Crippen LogP) is 5.23. The van der Waals surface area contributed by atoms with Crippen LogP contribution in [-0.2, 0) is 16.1 Å². The summed E-state index contributed by atoms with van der Waals surface area (Å²) >= 11 is 1.40. The summed E-state index contributed by atoms with van der Waals surface area (Å²) in [5.41, 5.74) is 1.15. The molecule has 1 heterocycles. The van der Waals surface area contributed by atoms with Crippen molar-refractivity contribution >= 4 is 34.7 Å². The Hall–Kier alpha value is -2.93. The third-order valence-electron chi connectivity index (χ3n) is 4.32. The van der Waals surface area contributed by atoms with Crippen molar-refractivity contribution in [1.82, 2.24) is 9.88 Å². The highest BCUT2D eigenvalue weighted by Gasteiger charge is 2.21. The number of hydrogen-bond donors (Lipinski definition) is 1. The van der Waals surface area contributed by atoms with Crippen molar-refractivity contribution in [2.45, 2.75) is 44.7 Å². The van der Waals surface area contributed by atoms with E-state index in [-0.39, 0.29) is 11.7 Å². The lowest BCUT2D eigenvalue weighted by molar-refractivity contribution is -0.118. The lowest BCUT2D eigenvalue weighted by Gasteiger charge is -2.19. The zero-order valence-electron chi connectivity index (χ0n) is 18.3. The molecule has 0 radical (unpaired) electrons. The van der Waals surface area contributed by atoms with Crippen molar-refractivity contribution in [3.8, 4) is 5.75 Å². The van der Waals surface area contributed by atoms with E-state index in [0.29, 0.717) is 13.2 Å². The van der Waals surface area contributed by atoms with Crippen LogP contribution in [0.5, 0.6) is 5.75 Å². The zero-order valence-corrected chi connectivity index (χ0v) is 19.1. The standard InChI is InChI=1S/C24H28N2O4S/c1-5-29-18-10-8-9-17(13-18)14-25-22(27)16-31-21-15-26(23(28)30-24(2,3)4)20-12-7-6-11-19(20)21/h6-13,15H,5,14,16H2,1-4H3,(H,25,27). The van der Waals surface area contributed by atoms with E-state index in [4.69, 9.17) is 9.47 Å². The van der Waals surface area contributed by atoms with Crippen molar-refractivity contribution in [2.75, 3.05) is 12.4 Å². The maximum Gasteiger partial charge on any atom is 0.419 e. The minimum absolute atomic E-state index is 0.0825. The number of nitrogens with zero attached hydrogens (tertiary/aromatic N) is 1. The monoisotopic (exact) mass is 440 g/mol. The Balaban J connectivity index is 1.65. The SMILES string of the molecule is CCOc1cccc(CNC(=O)CSc2cn(C(=O)OC(C)(C)C)c3ccccc23)c1. The third-order valence-corrected chi connectivity index (χ3v) is 5.37. The van der Waals surface area contributed by atoms with Crippen molar-refractivity contribution in [2.24, 2.45) is 0 Å². The van der Waals surface area contributed by atoms with Crippen LogP contribution in [-0.4, -0.2) is 34.5 Å². The molecule has 3 rings (SSSR count). The number of thioether (sulfide) groups is 1. The summed E-state index contributed by atoms with van der Waals surface area (Å²) in [5.74, 6) is 0.951. The van der Waals surface area contributed by atoms with Crippen LogP contribution in [0.3, 0.4) is 0 Å². The zero-order chi connectivity index (χ0) is 22.4. The molecule has 0 aliphatic heterocycles. The van der Waals surface area contributed by atoms with Gasteiger partial charge in [-0.3, -0.25) is 9.36 Å². The molecule has 0 atom stereocenters. The maximum atomic E-state index is 12.6. The number of carbonyl (C=O) groups is 2. The van der Waals surface area contributed by atoms with Crippen molar-refractivity contribution in [3.05, 3.63) is 60.3 Å². The second kappa shape index (κ2) is 9.92. The number of carbonyl (C=O) groups excluding carboxylic acids is 2. The van der Waals surface area contributed by atoms with Gasteiger partial charge in [-0.2, -0.15) is 0 Å². The number of nitrogens with one attached hydrogen (secondary N) is 1. The number of ether oxygens (including phenoxy) is 2. The molecule has 0 saturated heterocycles. The average Bonchev–Trinajstić information content (AvgIpc) is 3.09. The smallest absolute Gasteiger partial charge is 0.419 e. The Labute approximate surface area is 186 Å².